The van der Waals surface area contributed by atoms with E-state index >= 15 is 0 Å². The van der Waals surface area contributed by atoms with Crippen molar-refractivity contribution in [2.24, 2.45) is 23.2 Å². The monoisotopic (exact) mass is 426 g/mol. The minimum Gasteiger partial charge on any atom is -0.497 e. The van der Waals surface area contributed by atoms with Gasteiger partial charge in [0, 0.05) is 25.9 Å². The zero-order valence-electron chi connectivity index (χ0n) is 17.6. The molecular weight excluding hydrogens is 396 g/mol. The van der Waals surface area contributed by atoms with Crippen LogP contribution in [0.4, 0.5) is 0 Å². The Bertz CT molecular complexity index is 927. The second-order valence-corrected chi connectivity index (χ2v) is 11.1. The molecule has 0 radical (unpaired) electrons. The molecule has 5 aliphatic rings. The standard InChI is InChI=1S/C24H30N2O3S/c1-28-19-2-3-20-21(11-19)30-23(25-20)29-18-4-6-26(7-5-18)22(27)24-12-15-8-16(13-24)10-17(9-15)14-24/h2-3,11,15-18H,4-10,12-14H2,1H3. The van der Waals surface area contributed by atoms with Crippen molar-refractivity contribution in [3.05, 3.63) is 18.2 Å². The van der Waals surface area contributed by atoms with Gasteiger partial charge in [-0.15, -0.1) is 0 Å². The number of methoxy groups -OCH3 is 1. The zero-order valence-corrected chi connectivity index (χ0v) is 18.5. The number of likely N-dealkylation sites (tertiary alicyclic amines) is 1. The largest absolute Gasteiger partial charge is 0.497 e. The van der Waals surface area contributed by atoms with Crippen molar-refractivity contribution in [2.45, 2.75) is 57.5 Å². The number of hydrogen-bond acceptors (Lipinski definition) is 5. The van der Waals surface area contributed by atoms with Crippen molar-refractivity contribution >= 4 is 27.5 Å². The molecule has 1 aromatic heterocycles. The van der Waals surface area contributed by atoms with E-state index in [1.807, 2.05) is 18.2 Å². The third-order valence-corrected chi connectivity index (χ3v) is 8.97. The molecule has 1 amide bonds. The predicted molar refractivity (Wildman–Crippen MR) is 117 cm³/mol. The Morgan fingerprint density at radius 2 is 1.77 bits per heavy atom. The van der Waals surface area contributed by atoms with Crippen LogP contribution in [0.3, 0.4) is 0 Å². The number of nitrogens with zero attached hydrogens (tertiary/aromatic N) is 2. The number of thiazole rings is 1. The maximum atomic E-state index is 13.6. The second-order valence-electron chi connectivity index (χ2n) is 10.1. The highest BCUT2D eigenvalue weighted by molar-refractivity contribution is 7.20. The topological polar surface area (TPSA) is 51.7 Å². The third kappa shape index (κ3) is 3.19. The summed E-state index contributed by atoms with van der Waals surface area (Å²) in [7, 11) is 1.68. The molecule has 1 aromatic carbocycles. The van der Waals surface area contributed by atoms with Crippen molar-refractivity contribution in [1.82, 2.24) is 9.88 Å². The summed E-state index contributed by atoms with van der Waals surface area (Å²) in [6.45, 7) is 1.65. The number of rotatable bonds is 4. The summed E-state index contributed by atoms with van der Waals surface area (Å²) >= 11 is 1.57. The highest BCUT2D eigenvalue weighted by Gasteiger charge is 2.55. The number of ether oxygens (including phenoxy) is 2. The summed E-state index contributed by atoms with van der Waals surface area (Å²) in [5.74, 6) is 3.76. The Kier molecular flexibility index (Phi) is 4.48. The second kappa shape index (κ2) is 7.11. The molecule has 4 bridgehead atoms. The molecule has 30 heavy (non-hydrogen) atoms. The molecule has 5 fully saturated rings. The number of carbonyl (C=O) groups is 1. The fourth-order valence-electron chi connectivity index (χ4n) is 7.09. The lowest BCUT2D eigenvalue weighted by Gasteiger charge is -2.57. The van der Waals surface area contributed by atoms with E-state index < -0.39 is 0 Å². The highest BCUT2D eigenvalue weighted by Crippen LogP contribution is 2.60. The van der Waals surface area contributed by atoms with Gasteiger partial charge in [-0.3, -0.25) is 4.79 Å². The number of fused-ring (bicyclic) bond motifs is 1. The third-order valence-electron chi connectivity index (χ3n) is 8.06. The fraction of sp³-hybridized carbons (Fsp3) is 0.667. The predicted octanol–water partition coefficient (Wildman–Crippen LogP) is 4.89. The van der Waals surface area contributed by atoms with Gasteiger partial charge in [0.15, 0.2) is 0 Å². The summed E-state index contributed by atoms with van der Waals surface area (Å²) in [6, 6.07) is 5.91. The van der Waals surface area contributed by atoms with Gasteiger partial charge in [0.05, 0.1) is 22.7 Å². The molecule has 0 atom stereocenters. The summed E-state index contributed by atoms with van der Waals surface area (Å²) < 4.78 is 12.6. The molecular formula is C24H30N2O3S. The zero-order chi connectivity index (χ0) is 20.3. The lowest BCUT2D eigenvalue weighted by Crippen LogP contribution is -2.56. The highest BCUT2D eigenvalue weighted by atomic mass is 32.1. The average Bonchev–Trinajstić information content (AvgIpc) is 3.14. The van der Waals surface area contributed by atoms with E-state index in [4.69, 9.17) is 9.47 Å². The first-order chi connectivity index (χ1) is 14.6. The molecule has 0 N–H and O–H groups in total. The van der Waals surface area contributed by atoms with Gasteiger partial charge in [-0.05, 0) is 74.5 Å². The Hall–Kier alpha value is -1.82. The first kappa shape index (κ1) is 18.9. The van der Waals surface area contributed by atoms with Crippen LogP contribution in [0.2, 0.25) is 0 Å². The van der Waals surface area contributed by atoms with Gasteiger partial charge in [0.2, 0.25) is 5.91 Å². The summed E-state index contributed by atoms with van der Waals surface area (Å²) in [5, 5.41) is 0.726. The molecule has 0 unspecified atom stereocenters. The normalized spacial score (nSPS) is 33.2. The van der Waals surface area contributed by atoms with E-state index in [1.54, 1.807) is 18.4 Å². The van der Waals surface area contributed by atoms with E-state index in [1.165, 1.54) is 19.3 Å². The van der Waals surface area contributed by atoms with Gasteiger partial charge >= 0.3 is 0 Å². The number of benzene rings is 1. The van der Waals surface area contributed by atoms with Crippen LogP contribution in [0.1, 0.15) is 51.4 Å². The van der Waals surface area contributed by atoms with Crippen LogP contribution < -0.4 is 9.47 Å². The van der Waals surface area contributed by atoms with Gasteiger partial charge in [-0.25, -0.2) is 4.98 Å². The van der Waals surface area contributed by atoms with Gasteiger partial charge in [0.1, 0.15) is 11.9 Å². The molecule has 4 aliphatic carbocycles. The van der Waals surface area contributed by atoms with Crippen LogP contribution in [-0.2, 0) is 4.79 Å². The van der Waals surface area contributed by atoms with Crippen LogP contribution in [0.25, 0.3) is 10.2 Å². The van der Waals surface area contributed by atoms with Crippen molar-refractivity contribution < 1.29 is 14.3 Å². The molecule has 1 aliphatic heterocycles. The van der Waals surface area contributed by atoms with Crippen LogP contribution in [0.15, 0.2) is 18.2 Å². The summed E-state index contributed by atoms with van der Waals surface area (Å²) in [5.41, 5.74) is 0.930. The number of aromatic nitrogens is 1. The van der Waals surface area contributed by atoms with Crippen LogP contribution in [0, 0.1) is 23.2 Å². The molecule has 5 nitrogen and oxygen atoms in total. The molecule has 4 saturated carbocycles. The lowest BCUT2D eigenvalue weighted by atomic mass is 9.49. The van der Waals surface area contributed by atoms with Crippen LogP contribution in [0.5, 0.6) is 10.9 Å². The molecule has 7 rings (SSSR count). The molecule has 2 aromatic rings. The van der Waals surface area contributed by atoms with Gasteiger partial charge in [-0.2, -0.15) is 0 Å². The van der Waals surface area contributed by atoms with E-state index in [0.29, 0.717) is 5.91 Å². The van der Waals surface area contributed by atoms with Gasteiger partial charge < -0.3 is 14.4 Å². The van der Waals surface area contributed by atoms with Crippen molar-refractivity contribution in [3.63, 3.8) is 0 Å². The fourth-order valence-corrected chi connectivity index (χ4v) is 8.00. The summed E-state index contributed by atoms with van der Waals surface area (Å²) in [4.78, 5) is 20.3. The van der Waals surface area contributed by atoms with Crippen LogP contribution in [-0.4, -0.2) is 42.1 Å². The number of piperidine rings is 1. The molecule has 6 heteroatoms. The van der Waals surface area contributed by atoms with E-state index in [9.17, 15) is 4.79 Å². The van der Waals surface area contributed by atoms with Gasteiger partial charge in [0.25, 0.3) is 5.19 Å². The van der Waals surface area contributed by atoms with Crippen molar-refractivity contribution in [3.8, 4) is 10.9 Å². The quantitative estimate of drug-likeness (QED) is 0.698. The minimum atomic E-state index is -0.0193. The van der Waals surface area contributed by atoms with Gasteiger partial charge in [-0.1, -0.05) is 11.3 Å². The summed E-state index contributed by atoms with van der Waals surface area (Å²) in [6.07, 6.45) is 9.57. The Morgan fingerprint density at radius 1 is 1.10 bits per heavy atom. The Morgan fingerprint density at radius 3 is 2.40 bits per heavy atom. The van der Waals surface area contributed by atoms with E-state index in [2.05, 4.69) is 9.88 Å². The SMILES string of the molecule is COc1ccc2nc(OC3CCN(C(=O)C45CC6CC(CC(C6)C4)C5)CC3)sc2c1. The lowest BCUT2D eigenvalue weighted by molar-refractivity contribution is -0.159. The molecule has 0 spiro atoms. The number of amides is 1. The first-order valence-corrected chi connectivity index (χ1v) is 12.3. The maximum Gasteiger partial charge on any atom is 0.274 e. The average molecular weight is 427 g/mol. The first-order valence-electron chi connectivity index (χ1n) is 11.5. The molecule has 1 saturated heterocycles. The minimum absolute atomic E-state index is 0.0193. The Labute approximate surface area is 181 Å². The number of carbonyl (C=O) groups excluding carboxylic acids is 1. The van der Waals surface area contributed by atoms with E-state index in [0.717, 1.165) is 84.1 Å². The van der Waals surface area contributed by atoms with E-state index in [-0.39, 0.29) is 11.5 Å². The van der Waals surface area contributed by atoms with Crippen molar-refractivity contribution in [1.29, 1.82) is 0 Å². The smallest absolute Gasteiger partial charge is 0.274 e. The Balaban J connectivity index is 1.09. The number of hydrogen-bond donors (Lipinski definition) is 0. The maximum absolute atomic E-state index is 13.6. The van der Waals surface area contributed by atoms with Crippen LogP contribution >= 0.6 is 11.3 Å². The molecule has 160 valence electrons. The molecule has 2 heterocycles. The van der Waals surface area contributed by atoms with Crippen molar-refractivity contribution in [2.75, 3.05) is 20.2 Å².